The molecule has 1 aromatic rings. The minimum Gasteiger partial charge on any atom is -0.466 e. The summed E-state index contributed by atoms with van der Waals surface area (Å²) in [6, 6.07) is 9.33. The second-order valence-corrected chi connectivity index (χ2v) is 3.82. The van der Waals surface area contributed by atoms with Crippen LogP contribution in [0.1, 0.15) is 31.9 Å². The minimum absolute atomic E-state index is 0.252. The van der Waals surface area contributed by atoms with Crippen LogP contribution in [0.4, 0.5) is 0 Å². The summed E-state index contributed by atoms with van der Waals surface area (Å²) >= 11 is 0. The van der Waals surface area contributed by atoms with Crippen molar-refractivity contribution in [3.8, 4) is 0 Å². The summed E-state index contributed by atoms with van der Waals surface area (Å²) in [5, 5.41) is 9.90. The highest BCUT2D eigenvalue weighted by Crippen LogP contribution is 2.21. The van der Waals surface area contributed by atoms with Crippen LogP contribution in [0.5, 0.6) is 0 Å². The Bertz CT molecular complexity index is 321. The summed E-state index contributed by atoms with van der Waals surface area (Å²) in [5.41, 5.74) is 0.832. The zero-order valence-corrected chi connectivity index (χ0v) is 9.72. The van der Waals surface area contributed by atoms with E-state index >= 15 is 0 Å². The molecule has 0 aromatic heterocycles. The van der Waals surface area contributed by atoms with Crippen molar-refractivity contribution in [2.45, 2.75) is 26.4 Å². The smallest absolute Gasteiger partial charge is 0.308 e. The first kappa shape index (κ1) is 12.7. The molecule has 16 heavy (non-hydrogen) atoms. The van der Waals surface area contributed by atoms with Gasteiger partial charge < -0.3 is 9.84 Å². The second kappa shape index (κ2) is 6.28. The molecule has 0 bridgehead atoms. The molecule has 3 heteroatoms. The van der Waals surface area contributed by atoms with Crippen molar-refractivity contribution in [3.05, 3.63) is 35.9 Å². The second-order valence-electron chi connectivity index (χ2n) is 3.82. The highest BCUT2D eigenvalue weighted by Gasteiger charge is 2.19. The molecule has 3 nitrogen and oxygen atoms in total. The van der Waals surface area contributed by atoms with Gasteiger partial charge in [0.2, 0.25) is 0 Å². The number of hydrogen-bond acceptors (Lipinski definition) is 3. The molecule has 0 spiro atoms. The Hall–Kier alpha value is -1.35. The summed E-state index contributed by atoms with van der Waals surface area (Å²) < 4.78 is 4.89. The normalized spacial score (nSPS) is 14.2. The fourth-order valence-electron chi connectivity index (χ4n) is 1.53. The van der Waals surface area contributed by atoms with E-state index in [9.17, 15) is 9.90 Å². The molecule has 1 rings (SSSR count). The molecule has 0 heterocycles. The molecule has 88 valence electrons. The minimum atomic E-state index is -0.611. The van der Waals surface area contributed by atoms with Gasteiger partial charge in [-0.25, -0.2) is 0 Å². The Labute approximate surface area is 96.1 Å². The van der Waals surface area contributed by atoms with Gasteiger partial charge in [0.05, 0.1) is 18.6 Å². The van der Waals surface area contributed by atoms with Gasteiger partial charge in [-0.3, -0.25) is 4.79 Å². The molecule has 0 amide bonds. The van der Waals surface area contributed by atoms with Crippen molar-refractivity contribution in [1.82, 2.24) is 0 Å². The van der Waals surface area contributed by atoms with E-state index in [1.54, 1.807) is 13.8 Å². The van der Waals surface area contributed by atoms with E-state index in [1.165, 1.54) is 0 Å². The predicted octanol–water partition coefficient (Wildman–Crippen LogP) is 2.31. The van der Waals surface area contributed by atoms with Gasteiger partial charge in [0.1, 0.15) is 0 Å². The third-order valence-corrected chi connectivity index (χ3v) is 2.45. The van der Waals surface area contributed by atoms with Crippen LogP contribution in [0.3, 0.4) is 0 Å². The molecule has 0 saturated carbocycles. The number of aliphatic hydroxyl groups is 1. The molecular weight excluding hydrogens is 204 g/mol. The van der Waals surface area contributed by atoms with Crippen molar-refractivity contribution in [2.75, 3.05) is 6.61 Å². The lowest BCUT2D eigenvalue weighted by molar-refractivity contribution is -0.148. The third-order valence-electron chi connectivity index (χ3n) is 2.45. The zero-order valence-electron chi connectivity index (χ0n) is 9.72. The van der Waals surface area contributed by atoms with E-state index in [1.807, 2.05) is 30.3 Å². The maximum absolute atomic E-state index is 11.4. The van der Waals surface area contributed by atoms with Gasteiger partial charge in [0.25, 0.3) is 0 Å². The third kappa shape index (κ3) is 3.66. The highest BCUT2D eigenvalue weighted by molar-refractivity contribution is 5.72. The average Bonchev–Trinajstić information content (AvgIpc) is 2.30. The van der Waals surface area contributed by atoms with Crippen LogP contribution >= 0.6 is 0 Å². The summed E-state index contributed by atoms with van der Waals surface area (Å²) in [6.07, 6.45) is -0.219. The molecule has 0 unspecified atom stereocenters. The van der Waals surface area contributed by atoms with Crippen molar-refractivity contribution in [3.63, 3.8) is 0 Å². The zero-order chi connectivity index (χ0) is 12.0. The number of esters is 1. The summed E-state index contributed by atoms with van der Waals surface area (Å²) in [7, 11) is 0. The average molecular weight is 222 g/mol. The SMILES string of the molecule is CCOC(=O)[C@@H](C)C[C@@H](O)c1ccccc1. The number of aliphatic hydroxyl groups excluding tert-OH is 1. The Kier molecular flexibility index (Phi) is 4.99. The molecular formula is C13H18O3. The molecule has 0 saturated heterocycles. The Balaban J connectivity index is 2.51. The van der Waals surface area contributed by atoms with Crippen LogP contribution in [0.2, 0.25) is 0 Å². The fraction of sp³-hybridized carbons (Fsp3) is 0.462. The van der Waals surface area contributed by atoms with Gasteiger partial charge in [-0.15, -0.1) is 0 Å². The maximum Gasteiger partial charge on any atom is 0.308 e. The van der Waals surface area contributed by atoms with Crippen LogP contribution in [0.15, 0.2) is 30.3 Å². The number of carbonyl (C=O) groups excluding carboxylic acids is 1. The largest absolute Gasteiger partial charge is 0.466 e. The first-order valence-electron chi connectivity index (χ1n) is 5.54. The van der Waals surface area contributed by atoms with Crippen molar-refractivity contribution in [1.29, 1.82) is 0 Å². The van der Waals surface area contributed by atoms with Crippen molar-refractivity contribution >= 4 is 5.97 Å². The van der Waals surface area contributed by atoms with Crippen LogP contribution in [0, 0.1) is 5.92 Å². The van der Waals surface area contributed by atoms with Gasteiger partial charge in [-0.2, -0.15) is 0 Å². The van der Waals surface area contributed by atoms with Gasteiger partial charge in [-0.05, 0) is 18.9 Å². The Morgan fingerprint density at radius 1 is 1.38 bits per heavy atom. The first-order chi connectivity index (χ1) is 7.65. The van der Waals surface area contributed by atoms with Crippen LogP contribution in [-0.2, 0) is 9.53 Å². The number of benzene rings is 1. The summed E-state index contributed by atoms with van der Waals surface area (Å²) in [4.78, 5) is 11.4. The Morgan fingerprint density at radius 3 is 2.56 bits per heavy atom. The first-order valence-corrected chi connectivity index (χ1v) is 5.54. The fourth-order valence-corrected chi connectivity index (χ4v) is 1.53. The standard InChI is InChI=1S/C13H18O3/c1-3-16-13(15)10(2)9-12(14)11-7-5-4-6-8-11/h4-8,10,12,14H,3,9H2,1-2H3/t10-,12+/m0/s1. The molecule has 0 fully saturated rings. The van der Waals surface area contributed by atoms with Gasteiger partial charge in [-0.1, -0.05) is 37.3 Å². The van der Waals surface area contributed by atoms with E-state index in [0.29, 0.717) is 13.0 Å². The lowest BCUT2D eigenvalue weighted by atomic mass is 9.98. The number of rotatable bonds is 5. The van der Waals surface area contributed by atoms with E-state index in [4.69, 9.17) is 4.74 Å². The molecule has 2 atom stereocenters. The molecule has 1 N–H and O–H groups in total. The molecule has 0 aliphatic rings. The van der Waals surface area contributed by atoms with Crippen molar-refractivity contribution in [2.24, 2.45) is 5.92 Å². The monoisotopic (exact) mass is 222 g/mol. The summed E-state index contributed by atoms with van der Waals surface area (Å²) in [6.45, 7) is 3.92. The van der Waals surface area contributed by atoms with E-state index in [0.717, 1.165) is 5.56 Å². The van der Waals surface area contributed by atoms with E-state index in [2.05, 4.69) is 0 Å². The number of carbonyl (C=O) groups is 1. The van der Waals surface area contributed by atoms with Gasteiger partial charge >= 0.3 is 5.97 Å². The van der Waals surface area contributed by atoms with E-state index < -0.39 is 6.10 Å². The van der Waals surface area contributed by atoms with Gasteiger partial charge in [0.15, 0.2) is 0 Å². The number of ether oxygens (including phenoxy) is 1. The lowest BCUT2D eigenvalue weighted by Crippen LogP contribution is -2.17. The highest BCUT2D eigenvalue weighted by atomic mass is 16.5. The number of hydrogen-bond donors (Lipinski definition) is 1. The maximum atomic E-state index is 11.4. The van der Waals surface area contributed by atoms with Crippen LogP contribution in [-0.4, -0.2) is 17.7 Å². The molecule has 0 aliphatic carbocycles. The Morgan fingerprint density at radius 2 is 2.00 bits per heavy atom. The topological polar surface area (TPSA) is 46.5 Å². The predicted molar refractivity (Wildman–Crippen MR) is 61.8 cm³/mol. The molecule has 0 radical (unpaired) electrons. The van der Waals surface area contributed by atoms with E-state index in [-0.39, 0.29) is 11.9 Å². The van der Waals surface area contributed by atoms with Crippen molar-refractivity contribution < 1.29 is 14.6 Å². The quantitative estimate of drug-likeness (QED) is 0.778. The lowest BCUT2D eigenvalue weighted by Gasteiger charge is -2.15. The van der Waals surface area contributed by atoms with Gasteiger partial charge in [0, 0.05) is 0 Å². The molecule has 1 aromatic carbocycles. The molecule has 0 aliphatic heterocycles. The summed E-state index contributed by atoms with van der Waals surface area (Å²) in [5.74, 6) is -0.535. The van der Waals surface area contributed by atoms with Crippen LogP contribution in [0.25, 0.3) is 0 Å². The van der Waals surface area contributed by atoms with Crippen LogP contribution < -0.4 is 0 Å².